The van der Waals surface area contributed by atoms with Crippen LogP contribution in [0.2, 0.25) is 0 Å². The van der Waals surface area contributed by atoms with Crippen molar-refractivity contribution in [3.05, 3.63) is 105 Å². The van der Waals surface area contributed by atoms with Crippen LogP contribution in [0.1, 0.15) is 38.8 Å². The molecule has 0 aliphatic rings. The number of carbonyl (C=O) groups is 1. The maximum absolute atomic E-state index is 13.1. The zero-order chi connectivity index (χ0) is 25.1. The predicted octanol–water partition coefficient (Wildman–Crippen LogP) is 6.85. The Kier molecular flexibility index (Phi) is 6.98. The number of benzene rings is 3. The Morgan fingerprint density at radius 2 is 1.69 bits per heavy atom. The molecule has 6 heteroatoms. The Morgan fingerprint density at radius 3 is 2.36 bits per heavy atom. The Hall–Kier alpha value is -3.74. The Morgan fingerprint density at radius 1 is 0.972 bits per heavy atom. The highest BCUT2D eigenvalue weighted by Gasteiger charge is 2.17. The van der Waals surface area contributed by atoms with E-state index in [4.69, 9.17) is 4.74 Å². The number of carbonyl (C=O) groups excluding carboxylic acids is 1. The largest absolute Gasteiger partial charge is 0.411 e. The zero-order valence-electron chi connectivity index (χ0n) is 20.4. The molecule has 182 valence electrons. The first-order chi connectivity index (χ1) is 17.6. The van der Waals surface area contributed by atoms with E-state index < -0.39 is 0 Å². The number of aryl methyl sites for hydroxylation is 1. The molecule has 2 heterocycles. The van der Waals surface area contributed by atoms with Gasteiger partial charge in [0, 0.05) is 52.5 Å². The van der Waals surface area contributed by atoms with Gasteiger partial charge in [-0.05, 0) is 66.8 Å². The average Bonchev–Trinajstić information content (AvgIpc) is 3.55. The summed E-state index contributed by atoms with van der Waals surface area (Å²) >= 11 is 1.45. The van der Waals surface area contributed by atoms with Gasteiger partial charge >= 0.3 is 0 Å². The third kappa shape index (κ3) is 4.57. The van der Waals surface area contributed by atoms with Gasteiger partial charge in [-0.25, -0.2) is 0 Å². The number of ketones is 1. The second-order valence-electron chi connectivity index (χ2n) is 8.77. The van der Waals surface area contributed by atoms with Crippen molar-refractivity contribution < 1.29 is 14.7 Å². The van der Waals surface area contributed by atoms with E-state index in [1.54, 1.807) is 0 Å². The van der Waals surface area contributed by atoms with Gasteiger partial charge in [0.1, 0.15) is 0 Å². The summed E-state index contributed by atoms with van der Waals surface area (Å²) in [6, 6.07) is 23.9. The summed E-state index contributed by atoms with van der Waals surface area (Å²) in [6.07, 6.45) is 0.528. The summed E-state index contributed by atoms with van der Waals surface area (Å²) in [5.41, 5.74) is 6.50. The Labute approximate surface area is 214 Å². The Bertz CT molecular complexity index is 1560. The minimum absolute atomic E-state index is 0.0235. The molecular formula is C30H28N2O3S. The maximum atomic E-state index is 13.1. The van der Waals surface area contributed by atoms with E-state index in [2.05, 4.69) is 40.9 Å². The molecule has 36 heavy (non-hydrogen) atoms. The van der Waals surface area contributed by atoms with Crippen molar-refractivity contribution >= 4 is 44.6 Å². The van der Waals surface area contributed by atoms with Crippen molar-refractivity contribution in [2.75, 3.05) is 13.2 Å². The van der Waals surface area contributed by atoms with Crippen LogP contribution in [-0.4, -0.2) is 34.5 Å². The van der Waals surface area contributed by atoms with Crippen molar-refractivity contribution in [3.63, 3.8) is 0 Å². The molecule has 3 aromatic carbocycles. The number of oxime groups is 1. The molecule has 0 amide bonds. The monoisotopic (exact) mass is 496 g/mol. The molecule has 5 rings (SSSR count). The standard InChI is InChI=1S/C30H28N2O3S/c1-3-35-15-14-32-27-12-10-22(26(31-34)19-21-8-5-4-7-20(21)2)17-24(27)25-18-23(11-13-28(25)32)30(33)29-9-6-16-36-29/h4-13,16-18,34H,3,14-15,19H2,1-2H3/b31-26+. The molecule has 0 bridgehead atoms. The van der Waals surface area contributed by atoms with Crippen LogP contribution in [0.3, 0.4) is 0 Å². The molecule has 5 nitrogen and oxygen atoms in total. The van der Waals surface area contributed by atoms with Gasteiger partial charge in [-0.2, -0.15) is 0 Å². The number of thiophene rings is 1. The van der Waals surface area contributed by atoms with E-state index in [1.807, 2.05) is 60.8 Å². The summed E-state index contributed by atoms with van der Waals surface area (Å²) < 4.78 is 7.88. The highest BCUT2D eigenvalue weighted by Crippen LogP contribution is 2.32. The number of hydrogen-bond donors (Lipinski definition) is 1. The molecule has 0 radical (unpaired) electrons. The number of rotatable bonds is 9. The van der Waals surface area contributed by atoms with E-state index in [0.717, 1.165) is 43.4 Å². The lowest BCUT2D eigenvalue weighted by atomic mass is 9.97. The van der Waals surface area contributed by atoms with Crippen molar-refractivity contribution in [1.29, 1.82) is 0 Å². The second-order valence-corrected chi connectivity index (χ2v) is 9.72. The van der Waals surface area contributed by atoms with Crippen LogP contribution < -0.4 is 0 Å². The van der Waals surface area contributed by atoms with Gasteiger partial charge < -0.3 is 14.5 Å². The highest BCUT2D eigenvalue weighted by atomic mass is 32.1. The lowest BCUT2D eigenvalue weighted by molar-refractivity contribution is 0.104. The lowest BCUT2D eigenvalue weighted by Crippen LogP contribution is -2.07. The molecule has 2 aromatic heterocycles. The van der Waals surface area contributed by atoms with Crippen LogP contribution in [0.15, 0.2) is 83.3 Å². The molecule has 0 saturated carbocycles. The molecule has 0 unspecified atom stereocenters. The highest BCUT2D eigenvalue weighted by molar-refractivity contribution is 7.12. The third-order valence-corrected chi connectivity index (χ3v) is 7.48. The first kappa shape index (κ1) is 24.0. The fourth-order valence-corrected chi connectivity index (χ4v) is 5.39. The fraction of sp³-hybridized carbons (Fsp3) is 0.200. The zero-order valence-corrected chi connectivity index (χ0v) is 21.2. The quantitative estimate of drug-likeness (QED) is 0.0798. The van der Waals surface area contributed by atoms with Crippen molar-refractivity contribution in [3.8, 4) is 0 Å². The molecule has 1 N–H and O–H groups in total. The number of nitrogens with zero attached hydrogens (tertiary/aromatic N) is 2. The first-order valence-corrected chi connectivity index (χ1v) is 13.0. The second kappa shape index (κ2) is 10.5. The molecule has 0 aliphatic carbocycles. The molecular weight excluding hydrogens is 468 g/mol. The van der Waals surface area contributed by atoms with E-state index in [1.165, 1.54) is 11.3 Å². The van der Waals surface area contributed by atoms with Crippen molar-refractivity contribution in [2.45, 2.75) is 26.8 Å². The minimum atomic E-state index is 0.0235. The summed E-state index contributed by atoms with van der Waals surface area (Å²) in [4.78, 5) is 13.8. The molecule has 0 spiro atoms. The van der Waals surface area contributed by atoms with Gasteiger partial charge in [-0.1, -0.05) is 41.6 Å². The molecule has 0 saturated heterocycles. The summed E-state index contributed by atoms with van der Waals surface area (Å²) in [7, 11) is 0. The summed E-state index contributed by atoms with van der Waals surface area (Å²) in [6.45, 7) is 6.02. The Balaban J connectivity index is 1.62. The van der Waals surface area contributed by atoms with E-state index in [0.29, 0.717) is 37.5 Å². The van der Waals surface area contributed by atoms with E-state index in [9.17, 15) is 10.0 Å². The van der Waals surface area contributed by atoms with Crippen LogP contribution in [0, 0.1) is 6.92 Å². The number of aromatic nitrogens is 1. The van der Waals surface area contributed by atoms with E-state index >= 15 is 0 Å². The van der Waals surface area contributed by atoms with Crippen LogP contribution in [0.25, 0.3) is 21.8 Å². The van der Waals surface area contributed by atoms with Crippen LogP contribution in [0.5, 0.6) is 0 Å². The van der Waals surface area contributed by atoms with Gasteiger partial charge in [0.05, 0.1) is 17.2 Å². The van der Waals surface area contributed by atoms with E-state index in [-0.39, 0.29) is 5.78 Å². The van der Waals surface area contributed by atoms with Gasteiger partial charge in [0.2, 0.25) is 5.78 Å². The first-order valence-electron chi connectivity index (χ1n) is 12.1. The number of ether oxygens (including phenoxy) is 1. The third-order valence-electron chi connectivity index (χ3n) is 6.61. The van der Waals surface area contributed by atoms with Gasteiger partial charge in [0.15, 0.2) is 0 Å². The topological polar surface area (TPSA) is 63.8 Å². The molecule has 0 atom stereocenters. The van der Waals surface area contributed by atoms with Crippen LogP contribution in [0.4, 0.5) is 0 Å². The summed E-state index contributed by atoms with van der Waals surface area (Å²) in [5, 5.41) is 17.5. The maximum Gasteiger partial charge on any atom is 0.202 e. The smallest absolute Gasteiger partial charge is 0.202 e. The van der Waals surface area contributed by atoms with Gasteiger partial charge in [-0.3, -0.25) is 4.79 Å². The van der Waals surface area contributed by atoms with Crippen molar-refractivity contribution in [1.82, 2.24) is 4.57 Å². The number of fused-ring (bicyclic) bond motifs is 3. The van der Waals surface area contributed by atoms with Gasteiger partial charge in [-0.15, -0.1) is 11.3 Å². The van der Waals surface area contributed by atoms with Crippen molar-refractivity contribution in [2.24, 2.45) is 5.16 Å². The SMILES string of the molecule is CCOCCn1c2ccc(C(=O)c3cccs3)cc2c2cc(/C(Cc3ccccc3C)=N/O)ccc21. The summed E-state index contributed by atoms with van der Waals surface area (Å²) in [5.74, 6) is 0.0235. The number of hydrogen-bond acceptors (Lipinski definition) is 5. The molecule has 5 aromatic rings. The van der Waals surface area contributed by atoms with Crippen LogP contribution in [-0.2, 0) is 17.7 Å². The minimum Gasteiger partial charge on any atom is -0.411 e. The lowest BCUT2D eigenvalue weighted by Gasteiger charge is -2.10. The van der Waals surface area contributed by atoms with Gasteiger partial charge in [0.25, 0.3) is 0 Å². The predicted molar refractivity (Wildman–Crippen MR) is 147 cm³/mol. The molecule has 0 aliphatic heterocycles. The molecule has 0 fully saturated rings. The fourth-order valence-electron chi connectivity index (χ4n) is 4.70. The van der Waals surface area contributed by atoms with Crippen LogP contribution >= 0.6 is 11.3 Å². The average molecular weight is 497 g/mol. The normalized spacial score (nSPS) is 12.0.